The topological polar surface area (TPSA) is 109 Å². The van der Waals surface area contributed by atoms with Crippen LogP contribution in [-0.2, 0) is 45.4 Å². The second-order valence-electron chi connectivity index (χ2n) is 2.65. The van der Waals surface area contributed by atoms with Crippen LogP contribution in [0.4, 0.5) is 0 Å². The van der Waals surface area contributed by atoms with Gasteiger partial charge in [0.15, 0.2) is 0 Å². The number of hydrogen-bond acceptors (Lipinski definition) is 1. The molecule has 0 spiro atoms. The number of rotatable bonds is 4. The molecule has 1 aromatic carbocycles. The van der Waals surface area contributed by atoms with Crippen molar-refractivity contribution in [1.82, 2.24) is 0 Å². The Balaban J connectivity index is -0.0000000634. The van der Waals surface area contributed by atoms with Gasteiger partial charge in [-0.3, -0.25) is 0 Å². The van der Waals surface area contributed by atoms with E-state index in [0.29, 0.717) is 6.61 Å². The Hall–Kier alpha value is -2.11. The SMILES string of the molecule is COC/C=C/C=C/c1ccccc1.[C-]#[O+].[C-]#[O+].[C-]#[O+].[C-]#[O+].[C-]#[O+].[Cr]. The number of benzene rings is 1. The fourth-order valence-electron chi connectivity index (χ4n) is 0.961. The zero-order chi connectivity index (χ0) is 19.4. The molecule has 24 heavy (non-hydrogen) atoms. The molecule has 0 atom stereocenters. The summed E-state index contributed by atoms with van der Waals surface area (Å²) in [5, 5.41) is 0. The van der Waals surface area contributed by atoms with Gasteiger partial charge in [0.05, 0.1) is 6.61 Å². The van der Waals surface area contributed by atoms with Crippen LogP contribution in [-0.4, -0.2) is 13.7 Å². The third-order valence-corrected chi connectivity index (χ3v) is 1.60. The number of allylic oxidation sites excluding steroid dienone is 2. The molecular formula is C17H14CrO6. The number of ether oxygens (including phenoxy) is 1. The predicted octanol–water partition coefficient (Wildman–Crippen LogP) is 2.71. The number of methoxy groups -OCH3 is 1. The largest absolute Gasteiger partial charge is 0 e. The van der Waals surface area contributed by atoms with Crippen LogP contribution in [0.2, 0.25) is 0 Å². The Kier molecular flexibility index (Phi) is 92.2. The molecule has 0 aliphatic rings. The summed E-state index contributed by atoms with van der Waals surface area (Å²) in [5.74, 6) is 0. The van der Waals surface area contributed by atoms with Gasteiger partial charge in [-0.2, -0.15) is 0 Å². The second-order valence-corrected chi connectivity index (χ2v) is 2.65. The van der Waals surface area contributed by atoms with Crippen molar-refractivity contribution in [2.45, 2.75) is 0 Å². The smallest absolute Gasteiger partial charge is 0 e. The van der Waals surface area contributed by atoms with E-state index >= 15 is 0 Å². The van der Waals surface area contributed by atoms with E-state index in [1.165, 1.54) is 5.56 Å². The molecule has 0 aliphatic heterocycles. The Morgan fingerprint density at radius 3 is 1.58 bits per heavy atom. The van der Waals surface area contributed by atoms with Gasteiger partial charge < -0.3 is 4.74 Å². The first kappa shape index (κ1) is 37.8. The third-order valence-electron chi connectivity index (χ3n) is 1.60. The molecule has 1 rings (SSSR count). The van der Waals surface area contributed by atoms with Gasteiger partial charge in [-0.15, -0.1) is 0 Å². The van der Waals surface area contributed by atoms with Crippen molar-refractivity contribution >= 4 is 6.08 Å². The molecule has 0 fully saturated rings. The van der Waals surface area contributed by atoms with Crippen molar-refractivity contribution in [2.75, 3.05) is 13.7 Å². The molecule has 0 aromatic heterocycles. The van der Waals surface area contributed by atoms with Crippen molar-refractivity contribution in [3.8, 4) is 0 Å². The van der Waals surface area contributed by atoms with E-state index in [1.807, 2.05) is 36.4 Å². The average molecular weight is 366 g/mol. The molecule has 0 amide bonds. The quantitative estimate of drug-likeness (QED) is 0.456. The first-order chi connectivity index (χ1) is 11.4. The summed E-state index contributed by atoms with van der Waals surface area (Å²) in [6.45, 7) is 23.2. The van der Waals surface area contributed by atoms with Crippen molar-refractivity contribution in [3.05, 3.63) is 87.4 Å². The Bertz CT molecular complexity index is 435. The Labute approximate surface area is 152 Å². The van der Waals surface area contributed by atoms with E-state index in [4.69, 9.17) is 28.0 Å². The van der Waals surface area contributed by atoms with Crippen LogP contribution in [0.15, 0.2) is 48.6 Å². The first-order valence-electron chi connectivity index (χ1n) is 5.33. The van der Waals surface area contributed by atoms with E-state index in [2.05, 4.69) is 51.5 Å². The van der Waals surface area contributed by atoms with Crippen molar-refractivity contribution in [2.24, 2.45) is 0 Å². The minimum Gasteiger partial charge on any atom is 0 e. The van der Waals surface area contributed by atoms with Gasteiger partial charge >= 0.3 is 56.5 Å². The molecule has 7 heteroatoms. The van der Waals surface area contributed by atoms with Gasteiger partial charge in [0.1, 0.15) is 0 Å². The van der Waals surface area contributed by atoms with Crippen LogP contribution < -0.4 is 0 Å². The maximum absolute atomic E-state index is 7.50. The fourth-order valence-corrected chi connectivity index (χ4v) is 0.961. The maximum Gasteiger partial charge on any atom is 0 e. The molecule has 124 valence electrons. The molecule has 0 saturated heterocycles. The zero-order valence-electron chi connectivity index (χ0n) is 12.8. The summed E-state index contributed by atoms with van der Waals surface area (Å²) < 4.78 is 42.4. The minimum atomic E-state index is 0. The van der Waals surface area contributed by atoms with Crippen LogP contribution in [0.3, 0.4) is 0 Å². The minimum absolute atomic E-state index is 0. The summed E-state index contributed by atoms with van der Waals surface area (Å²) >= 11 is 0. The van der Waals surface area contributed by atoms with E-state index < -0.39 is 0 Å². The van der Waals surface area contributed by atoms with Crippen LogP contribution in [0.5, 0.6) is 0 Å². The zero-order valence-corrected chi connectivity index (χ0v) is 14.0. The van der Waals surface area contributed by atoms with Crippen molar-refractivity contribution < 1.29 is 45.4 Å². The third kappa shape index (κ3) is 42.7. The molecule has 1 aromatic rings. The van der Waals surface area contributed by atoms with Crippen LogP contribution in [0, 0.1) is 33.3 Å². The summed E-state index contributed by atoms with van der Waals surface area (Å²) in [6, 6.07) is 10.2. The average Bonchev–Trinajstić information content (AvgIpc) is 2.70. The second kappa shape index (κ2) is 58.5. The summed E-state index contributed by atoms with van der Waals surface area (Å²) in [4.78, 5) is 0. The molecular weight excluding hydrogens is 352 g/mol. The standard InChI is InChI=1S/C12H14O.5CO.Cr/c1-13-11-7-3-6-10-12-8-4-2-5-9-12;5*1-2;/h2-10H,11H2,1H3;;;;;;/b7-3+,10-6+;;;;;;. The van der Waals surface area contributed by atoms with Crippen molar-refractivity contribution in [1.29, 1.82) is 0 Å². The van der Waals surface area contributed by atoms with Crippen LogP contribution >= 0.6 is 0 Å². The molecule has 0 N–H and O–H groups in total. The predicted molar refractivity (Wildman–Crippen MR) is 76.1 cm³/mol. The van der Waals surface area contributed by atoms with Gasteiger partial charge in [-0.25, -0.2) is 0 Å². The summed E-state index contributed by atoms with van der Waals surface area (Å²) in [6.07, 6.45) is 8.02. The van der Waals surface area contributed by atoms with Gasteiger partial charge in [0, 0.05) is 24.5 Å². The molecule has 0 heterocycles. The molecule has 0 radical (unpaired) electrons. The molecule has 0 bridgehead atoms. The van der Waals surface area contributed by atoms with Gasteiger partial charge in [0.25, 0.3) is 0 Å². The maximum atomic E-state index is 7.50. The van der Waals surface area contributed by atoms with Gasteiger partial charge in [-0.1, -0.05) is 54.6 Å². The van der Waals surface area contributed by atoms with Crippen molar-refractivity contribution in [3.63, 3.8) is 0 Å². The Morgan fingerprint density at radius 2 is 1.21 bits per heavy atom. The fraction of sp³-hybridized carbons (Fsp3) is 0.118. The summed E-state index contributed by atoms with van der Waals surface area (Å²) in [5.41, 5.74) is 1.21. The molecule has 6 nitrogen and oxygen atoms in total. The first-order valence-corrected chi connectivity index (χ1v) is 5.33. The summed E-state index contributed by atoms with van der Waals surface area (Å²) in [7, 11) is 1.69. The molecule has 0 saturated carbocycles. The van der Waals surface area contributed by atoms with Gasteiger partial charge in [-0.05, 0) is 5.56 Å². The van der Waals surface area contributed by atoms with Gasteiger partial charge in [0.2, 0.25) is 0 Å². The Morgan fingerprint density at radius 1 is 0.792 bits per heavy atom. The van der Waals surface area contributed by atoms with E-state index in [-0.39, 0.29) is 17.4 Å². The van der Waals surface area contributed by atoms with E-state index in [9.17, 15) is 0 Å². The number of hydrogen-bond donors (Lipinski definition) is 0. The monoisotopic (exact) mass is 366 g/mol. The molecule has 0 unspecified atom stereocenters. The van der Waals surface area contributed by atoms with E-state index in [0.717, 1.165) is 0 Å². The van der Waals surface area contributed by atoms with Crippen LogP contribution in [0.1, 0.15) is 5.56 Å². The normalized spacial score (nSPS) is 6.62. The van der Waals surface area contributed by atoms with E-state index in [1.54, 1.807) is 7.11 Å². The van der Waals surface area contributed by atoms with Crippen LogP contribution in [0.25, 0.3) is 6.08 Å². The molecule has 0 aliphatic carbocycles.